The minimum Gasteiger partial charge on any atom is -0.497 e. The van der Waals surface area contributed by atoms with Crippen LogP contribution in [0, 0.1) is 0 Å². The Labute approximate surface area is 113 Å². The lowest BCUT2D eigenvalue weighted by molar-refractivity contribution is 0.167. The highest BCUT2D eigenvalue weighted by Gasteiger charge is 2.33. The van der Waals surface area contributed by atoms with Crippen molar-refractivity contribution in [2.75, 3.05) is 24.7 Å². The summed E-state index contributed by atoms with van der Waals surface area (Å²) in [5.74, 6) is 3.76. The number of allylic oxidation sites excluding steroid dienone is 1. The van der Waals surface area contributed by atoms with Gasteiger partial charge < -0.3 is 10.1 Å². The molecule has 98 valence electrons. The Morgan fingerprint density at radius 3 is 2.94 bits per heavy atom. The molecule has 0 saturated carbocycles. The molecule has 0 amide bonds. The molecule has 2 heterocycles. The number of hydrogen-bond acceptors (Lipinski definition) is 4. The molecule has 1 fully saturated rings. The van der Waals surface area contributed by atoms with Crippen molar-refractivity contribution in [1.29, 1.82) is 0 Å². The molecule has 1 N–H and O–H groups in total. The second kappa shape index (κ2) is 6.95. The van der Waals surface area contributed by atoms with Gasteiger partial charge in [-0.2, -0.15) is 23.5 Å². The number of rotatable bonds is 4. The van der Waals surface area contributed by atoms with Crippen LogP contribution in [0.2, 0.25) is 0 Å². The van der Waals surface area contributed by atoms with Crippen LogP contribution in [0.3, 0.4) is 0 Å². The van der Waals surface area contributed by atoms with E-state index in [2.05, 4.69) is 48.8 Å². The van der Waals surface area contributed by atoms with Crippen LogP contribution in [-0.2, 0) is 4.74 Å². The quantitative estimate of drug-likeness (QED) is 0.850. The number of nitrogens with one attached hydrogen (secondary N) is 1. The van der Waals surface area contributed by atoms with Gasteiger partial charge in [-0.15, -0.1) is 0 Å². The van der Waals surface area contributed by atoms with Gasteiger partial charge in [0.2, 0.25) is 0 Å². The summed E-state index contributed by atoms with van der Waals surface area (Å²) >= 11 is 4.21. The van der Waals surface area contributed by atoms with Crippen LogP contribution in [0.1, 0.15) is 26.7 Å². The van der Waals surface area contributed by atoms with E-state index in [1.54, 1.807) is 0 Å². The highest BCUT2D eigenvalue weighted by Crippen LogP contribution is 2.35. The Bertz CT molecular complexity index is 270. The van der Waals surface area contributed by atoms with Crippen molar-refractivity contribution in [1.82, 2.24) is 5.32 Å². The maximum Gasteiger partial charge on any atom is 0.110 e. The van der Waals surface area contributed by atoms with Crippen LogP contribution >= 0.6 is 23.5 Å². The zero-order valence-corrected chi connectivity index (χ0v) is 12.4. The van der Waals surface area contributed by atoms with Gasteiger partial charge in [-0.1, -0.05) is 13.8 Å². The van der Waals surface area contributed by atoms with E-state index in [4.69, 9.17) is 4.74 Å². The van der Waals surface area contributed by atoms with Gasteiger partial charge in [0.15, 0.2) is 0 Å². The molecule has 2 aliphatic heterocycles. The molecule has 0 bridgehead atoms. The maximum atomic E-state index is 5.87. The summed E-state index contributed by atoms with van der Waals surface area (Å²) in [7, 11) is 0. The predicted octanol–water partition coefficient (Wildman–Crippen LogP) is 2.90. The van der Waals surface area contributed by atoms with Gasteiger partial charge in [-0.25, -0.2) is 0 Å². The minimum atomic E-state index is 0.410. The molecule has 3 unspecified atom stereocenters. The molecule has 2 rings (SSSR count). The Balaban J connectivity index is 2.06. The van der Waals surface area contributed by atoms with Gasteiger partial charge in [0.05, 0.1) is 12.6 Å². The first-order valence-electron chi connectivity index (χ1n) is 6.62. The third-order valence-corrected chi connectivity index (χ3v) is 6.45. The monoisotopic (exact) mass is 273 g/mol. The molecule has 4 heteroatoms. The van der Waals surface area contributed by atoms with Crippen molar-refractivity contribution in [3.63, 3.8) is 0 Å². The highest BCUT2D eigenvalue weighted by atomic mass is 32.2. The van der Waals surface area contributed by atoms with Gasteiger partial charge in [-0.05, 0) is 25.5 Å². The van der Waals surface area contributed by atoms with E-state index in [0.29, 0.717) is 16.5 Å². The molecule has 0 aromatic rings. The zero-order valence-electron chi connectivity index (χ0n) is 10.8. The third-order valence-electron chi connectivity index (χ3n) is 3.26. The average Bonchev–Trinajstić information content (AvgIpc) is 2.38. The van der Waals surface area contributed by atoms with E-state index >= 15 is 0 Å². The Kier molecular flexibility index (Phi) is 5.57. The summed E-state index contributed by atoms with van der Waals surface area (Å²) in [4.78, 5) is 0. The number of hydrogen-bond donors (Lipinski definition) is 1. The van der Waals surface area contributed by atoms with Gasteiger partial charge in [0, 0.05) is 22.0 Å². The third kappa shape index (κ3) is 3.58. The molecule has 0 aliphatic carbocycles. The summed E-state index contributed by atoms with van der Waals surface area (Å²) in [5.41, 5.74) is 0. The normalized spacial score (nSPS) is 31.5. The first-order chi connectivity index (χ1) is 8.33. The lowest BCUT2D eigenvalue weighted by atomic mass is 10.1. The van der Waals surface area contributed by atoms with Crippen LogP contribution in [-0.4, -0.2) is 41.2 Å². The standard InChI is InChI=1S/C13H23NOS2/c1-3-14-12(11-6-4-5-7-15-11)13-10(2)16-8-9-17-13/h6,10,12-14H,3-5,7-9H2,1-2H3. The van der Waals surface area contributed by atoms with E-state index in [0.717, 1.165) is 13.2 Å². The van der Waals surface area contributed by atoms with Gasteiger partial charge in [-0.3, -0.25) is 0 Å². The van der Waals surface area contributed by atoms with Gasteiger partial charge in [0.25, 0.3) is 0 Å². The average molecular weight is 273 g/mol. The van der Waals surface area contributed by atoms with Gasteiger partial charge >= 0.3 is 0 Å². The maximum absolute atomic E-state index is 5.87. The number of thioether (sulfide) groups is 2. The van der Waals surface area contributed by atoms with Crippen LogP contribution in [0.15, 0.2) is 11.8 Å². The van der Waals surface area contributed by atoms with E-state index in [9.17, 15) is 0 Å². The molecule has 3 atom stereocenters. The molecular formula is C13H23NOS2. The Hall–Kier alpha value is 0.200. The molecule has 2 nitrogen and oxygen atoms in total. The first kappa shape index (κ1) is 13.6. The van der Waals surface area contributed by atoms with Crippen molar-refractivity contribution in [3.05, 3.63) is 11.8 Å². The van der Waals surface area contributed by atoms with Crippen molar-refractivity contribution in [2.24, 2.45) is 0 Å². The fraction of sp³-hybridized carbons (Fsp3) is 0.846. The van der Waals surface area contributed by atoms with Crippen molar-refractivity contribution in [3.8, 4) is 0 Å². The summed E-state index contributed by atoms with van der Waals surface area (Å²) < 4.78 is 5.87. The number of ether oxygens (including phenoxy) is 1. The van der Waals surface area contributed by atoms with Crippen LogP contribution < -0.4 is 5.32 Å². The first-order valence-corrected chi connectivity index (χ1v) is 8.72. The van der Waals surface area contributed by atoms with Crippen molar-refractivity contribution >= 4 is 23.5 Å². The second-order valence-corrected chi connectivity index (χ2v) is 7.31. The summed E-state index contributed by atoms with van der Waals surface area (Å²) in [6, 6.07) is 0.410. The summed E-state index contributed by atoms with van der Waals surface area (Å²) in [6.45, 7) is 6.45. The van der Waals surface area contributed by atoms with E-state index < -0.39 is 0 Å². The molecule has 2 aliphatic rings. The Morgan fingerprint density at radius 1 is 1.47 bits per heavy atom. The van der Waals surface area contributed by atoms with Crippen molar-refractivity contribution < 1.29 is 4.74 Å². The van der Waals surface area contributed by atoms with Crippen LogP contribution in [0.25, 0.3) is 0 Å². The van der Waals surface area contributed by atoms with Crippen LogP contribution in [0.4, 0.5) is 0 Å². The van der Waals surface area contributed by atoms with E-state index in [1.165, 1.54) is 30.1 Å². The van der Waals surface area contributed by atoms with E-state index in [1.807, 2.05) is 0 Å². The largest absolute Gasteiger partial charge is 0.497 e. The zero-order chi connectivity index (χ0) is 12.1. The topological polar surface area (TPSA) is 21.3 Å². The SMILES string of the molecule is CCNC(C1=CCCCO1)C1SCCSC1C. The Morgan fingerprint density at radius 2 is 2.29 bits per heavy atom. The predicted molar refractivity (Wildman–Crippen MR) is 78.9 cm³/mol. The molecule has 1 saturated heterocycles. The lowest BCUT2D eigenvalue weighted by Gasteiger charge is -2.36. The second-order valence-electron chi connectivity index (χ2n) is 4.54. The molecule has 0 aromatic heterocycles. The summed E-state index contributed by atoms with van der Waals surface area (Å²) in [5, 5.41) is 4.99. The fourth-order valence-corrected chi connectivity index (χ4v) is 5.33. The lowest BCUT2D eigenvalue weighted by Crippen LogP contribution is -2.46. The highest BCUT2D eigenvalue weighted by molar-refractivity contribution is 8.07. The van der Waals surface area contributed by atoms with E-state index in [-0.39, 0.29) is 0 Å². The number of likely N-dealkylation sites (N-methyl/N-ethyl adjacent to an activating group) is 1. The fourth-order valence-electron chi connectivity index (χ4n) is 2.41. The smallest absolute Gasteiger partial charge is 0.110 e. The molecule has 0 spiro atoms. The van der Waals surface area contributed by atoms with Crippen LogP contribution in [0.5, 0.6) is 0 Å². The molecule has 17 heavy (non-hydrogen) atoms. The molecule has 0 radical (unpaired) electrons. The molecule has 0 aromatic carbocycles. The minimum absolute atomic E-state index is 0.410. The van der Waals surface area contributed by atoms with Gasteiger partial charge in [0.1, 0.15) is 5.76 Å². The molecular weight excluding hydrogens is 250 g/mol. The van der Waals surface area contributed by atoms with Crippen molar-refractivity contribution in [2.45, 2.75) is 43.2 Å². The summed E-state index contributed by atoms with van der Waals surface area (Å²) in [6.07, 6.45) is 4.64.